The van der Waals surface area contributed by atoms with Gasteiger partial charge in [-0.05, 0) is 32.1 Å². The molecular weight excluding hydrogens is 218 g/mol. The highest BCUT2D eigenvalue weighted by molar-refractivity contribution is 4.96. The van der Waals surface area contributed by atoms with Crippen molar-refractivity contribution in [3.8, 4) is 0 Å². The quantitative estimate of drug-likeness (QED) is 0.733. The molecule has 4 unspecified atom stereocenters. The van der Waals surface area contributed by atoms with E-state index in [9.17, 15) is 10.2 Å². The molecule has 0 aromatic rings. The molecular formula is C13H23NO3. The Hall–Kier alpha value is -0.160. The van der Waals surface area contributed by atoms with E-state index in [0.717, 1.165) is 25.8 Å². The number of rotatable bonds is 2. The van der Waals surface area contributed by atoms with E-state index in [0.29, 0.717) is 25.3 Å². The van der Waals surface area contributed by atoms with E-state index in [1.165, 1.54) is 12.8 Å². The molecule has 0 saturated carbocycles. The lowest BCUT2D eigenvalue weighted by Crippen LogP contribution is -2.50. The van der Waals surface area contributed by atoms with Crippen molar-refractivity contribution in [2.45, 2.75) is 56.4 Å². The number of nitrogens with zero attached hydrogens (tertiary/aromatic N) is 1. The van der Waals surface area contributed by atoms with Gasteiger partial charge in [0.15, 0.2) is 0 Å². The highest BCUT2D eigenvalue weighted by atomic mass is 16.5. The minimum absolute atomic E-state index is 0.101. The van der Waals surface area contributed by atoms with Gasteiger partial charge in [-0.1, -0.05) is 0 Å². The highest BCUT2D eigenvalue weighted by Gasteiger charge is 2.41. The van der Waals surface area contributed by atoms with Crippen LogP contribution in [0.2, 0.25) is 0 Å². The van der Waals surface area contributed by atoms with Crippen LogP contribution in [0.3, 0.4) is 0 Å². The molecule has 3 fully saturated rings. The van der Waals surface area contributed by atoms with Gasteiger partial charge < -0.3 is 14.9 Å². The molecule has 0 aromatic heterocycles. The maximum atomic E-state index is 9.99. The smallest absolute Gasteiger partial charge is 0.0624 e. The van der Waals surface area contributed by atoms with Crippen LogP contribution in [0.15, 0.2) is 0 Å². The average Bonchev–Trinajstić information content (AvgIpc) is 2.56. The molecule has 3 heterocycles. The van der Waals surface area contributed by atoms with Crippen LogP contribution >= 0.6 is 0 Å². The van der Waals surface area contributed by atoms with Crippen molar-refractivity contribution in [1.29, 1.82) is 0 Å². The molecule has 3 aliphatic rings. The van der Waals surface area contributed by atoms with Gasteiger partial charge in [-0.2, -0.15) is 0 Å². The first-order valence-electron chi connectivity index (χ1n) is 6.93. The van der Waals surface area contributed by atoms with E-state index in [1.807, 2.05) is 0 Å². The molecule has 2 bridgehead atoms. The number of fused-ring (bicyclic) bond motifs is 2. The average molecular weight is 241 g/mol. The van der Waals surface area contributed by atoms with Gasteiger partial charge in [0, 0.05) is 31.2 Å². The van der Waals surface area contributed by atoms with E-state index in [4.69, 9.17) is 4.74 Å². The van der Waals surface area contributed by atoms with Crippen LogP contribution in [-0.2, 0) is 4.74 Å². The number of aliphatic hydroxyl groups is 2. The monoisotopic (exact) mass is 241 g/mol. The molecule has 0 radical (unpaired) electrons. The third-order valence-electron chi connectivity index (χ3n) is 4.74. The zero-order chi connectivity index (χ0) is 11.8. The summed E-state index contributed by atoms with van der Waals surface area (Å²) in [6, 6.07) is 1.08. The van der Waals surface area contributed by atoms with E-state index >= 15 is 0 Å². The summed E-state index contributed by atoms with van der Waals surface area (Å²) >= 11 is 0. The number of hydrogen-bond acceptors (Lipinski definition) is 4. The van der Waals surface area contributed by atoms with E-state index in [-0.39, 0.29) is 18.1 Å². The first-order chi connectivity index (χ1) is 8.24. The summed E-state index contributed by atoms with van der Waals surface area (Å²) in [6.07, 6.45) is 4.74. The van der Waals surface area contributed by atoms with Gasteiger partial charge in [0.2, 0.25) is 0 Å². The van der Waals surface area contributed by atoms with Gasteiger partial charge in [0.1, 0.15) is 0 Å². The zero-order valence-corrected chi connectivity index (χ0v) is 10.3. The first kappa shape index (κ1) is 11.9. The lowest BCUT2D eigenvalue weighted by Gasteiger charge is -2.40. The summed E-state index contributed by atoms with van der Waals surface area (Å²) in [5, 5.41) is 19.8. The molecule has 17 heavy (non-hydrogen) atoms. The zero-order valence-electron chi connectivity index (χ0n) is 10.3. The third kappa shape index (κ3) is 2.36. The predicted octanol–water partition coefficient (Wildman–Crippen LogP) is 0.371. The van der Waals surface area contributed by atoms with Crippen molar-refractivity contribution in [2.24, 2.45) is 5.92 Å². The van der Waals surface area contributed by atoms with Crippen LogP contribution in [-0.4, -0.2) is 59.2 Å². The third-order valence-corrected chi connectivity index (χ3v) is 4.74. The van der Waals surface area contributed by atoms with E-state index in [2.05, 4.69) is 4.90 Å². The molecule has 2 N–H and O–H groups in total. The number of hydrogen-bond donors (Lipinski definition) is 2. The van der Waals surface area contributed by atoms with Crippen molar-refractivity contribution in [1.82, 2.24) is 4.90 Å². The van der Waals surface area contributed by atoms with Crippen LogP contribution in [0.1, 0.15) is 32.1 Å². The van der Waals surface area contributed by atoms with Gasteiger partial charge in [-0.15, -0.1) is 0 Å². The summed E-state index contributed by atoms with van der Waals surface area (Å²) in [5.41, 5.74) is 0. The molecule has 0 aliphatic carbocycles. The Morgan fingerprint density at radius 1 is 1.06 bits per heavy atom. The fourth-order valence-corrected chi connectivity index (χ4v) is 3.77. The SMILES string of the molecule is OC1CC2CCC(C1)N2CC1COCCC1O. The molecule has 0 aromatic carbocycles. The number of aliphatic hydroxyl groups excluding tert-OH is 2. The van der Waals surface area contributed by atoms with Crippen molar-refractivity contribution < 1.29 is 14.9 Å². The van der Waals surface area contributed by atoms with E-state index in [1.54, 1.807) is 0 Å². The normalized spacial score (nSPS) is 47.3. The summed E-state index contributed by atoms with van der Waals surface area (Å²) in [4.78, 5) is 2.52. The Morgan fingerprint density at radius 3 is 2.41 bits per heavy atom. The second-order valence-corrected chi connectivity index (χ2v) is 5.90. The summed E-state index contributed by atoms with van der Waals surface area (Å²) in [7, 11) is 0. The molecule has 4 atom stereocenters. The van der Waals surface area contributed by atoms with Crippen molar-refractivity contribution in [3.05, 3.63) is 0 Å². The van der Waals surface area contributed by atoms with Crippen LogP contribution in [0.5, 0.6) is 0 Å². The fraction of sp³-hybridized carbons (Fsp3) is 1.00. The van der Waals surface area contributed by atoms with Crippen LogP contribution in [0.4, 0.5) is 0 Å². The highest BCUT2D eigenvalue weighted by Crippen LogP contribution is 2.36. The minimum Gasteiger partial charge on any atom is -0.393 e. The minimum atomic E-state index is -0.199. The standard InChI is InChI=1S/C13H23NO3/c15-12-5-10-1-2-11(6-12)14(10)7-9-8-17-4-3-13(9)16/h9-13,15-16H,1-8H2. The maximum absolute atomic E-state index is 9.99. The second kappa shape index (κ2) is 4.84. The Labute approximate surface area is 103 Å². The van der Waals surface area contributed by atoms with Crippen LogP contribution in [0.25, 0.3) is 0 Å². The van der Waals surface area contributed by atoms with Gasteiger partial charge in [-0.3, -0.25) is 4.90 Å². The molecule has 3 saturated heterocycles. The largest absolute Gasteiger partial charge is 0.393 e. The molecule has 3 rings (SSSR count). The molecule has 0 spiro atoms. The summed E-state index contributed by atoms with van der Waals surface area (Å²) in [6.45, 7) is 2.34. The summed E-state index contributed by atoms with van der Waals surface area (Å²) < 4.78 is 5.47. The molecule has 3 aliphatic heterocycles. The van der Waals surface area contributed by atoms with Crippen molar-refractivity contribution in [3.63, 3.8) is 0 Å². The van der Waals surface area contributed by atoms with Gasteiger partial charge in [-0.25, -0.2) is 0 Å². The van der Waals surface area contributed by atoms with Crippen molar-refractivity contribution >= 4 is 0 Å². The molecule has 98 valence electrons. The maximum Gasteiger partial charge on any atom is 0.0624 e. The summed E-state index contributed by atoms with van der Waals surface area (Å²) in [5.74, 6) is 0.266. The molecule has 4 heteroatoms. The molecule has 4 nitrogen and oxygen atoms in total. The Bertz CT molecular complexity index is 259. The predicted molar refractivity (Wildman–Crippen MR) is 63.7 cm³/mol. The van der Waals surface area contributed by atoms with Gasteiger partial charge in [0.05, 0.1) is 18.8 Å². The first-order valence-corrected chi connectivity index (χ1v) is 6.93. The van der Waals surface area contributed by atoms with Gasteiger partial charge in [0.25, 0.3) is 0 Å². The number of piperidine rings is 1. The van der Waals surface area contributed by atoms with Crippen molar-refractivity contribution in [2.75, 3.05) is 19.8 Å². The van der Waals surface area contributed by atoms with Gasteiger partial charge >= 0.3 is 0 Å². The fourth-order valence-electron chi connectivity index (χ4n) is 3.77. The Kier molecular flexibility index (Phi) is 3.39. The lowest BCUT2D eigenvalue weighted by atomic mass is 9.94. The van der Waals surface area contributed by atoms with Crippen LogP contribution < -0.4 is 0 Å². The molecule has 0 amide bonds. The Morgan fingerprint density at radius 2 is 1.76 bits per heavy atom. The van der Waals surface area contributed by atoms with Crippen LogP contribution in [0, 0.1) is 5.92 Å². The second-order valence-electron chi connectivity index (χ2n) is 5.90. The van der Waals surface area contributed by atoms with E-state index < -0.39 is 0 Å². The topological polar surface area (TPSA) is 52.9 Å². The lowest BCUT2D eigenvalue weighted by molar-refractivity contribution is -0.0612. The number of ether oxygens (including phenoxy) is 1. The Balaban J connectivity index is 1.61.